The topological polar surface area (TPSA) is 68.0 Å². The van der Waals surface area contributed by atoms with Gasteiger partial charge in [-0.1, -0.05) is 5.92 Å². The van der Waals surface area contributed by atoms with Gasteiger partial charge in [-0.2, -0.15) is 5.10 Å². The first-order valence-corrected chi connectivity index (χ1v) is 7.43. The molecule has 1 aliphatic rings. The molecule has 7 heteroatoms. The Morgan fingerprint density at radius 1 is 1.32 bits per heavy atom. The molecule has 0 spiro atoms. The van der Waals surface area contributed by atoms with Crippen LogP contribution in [0.1, 0.15) is 12.6 Å². The Balaban J connectivity index is 2.25. The van der Waals surface area contributed by atoms with Crippen LogP contribution in [-0.2, 0) is 13.6 Å². The molecule has 1 aliphatic heterocycles. The van der Waals surface area contributed by atoms with Gasteiger partial charge in [-0.25, -0.2) is 9.67 Å². The van der Waals surface area contributed by atoms with Gasteiger partial charge >= 0.3 is 0 Å². The number of anilines is 1. The number of nitrogens with one attached hydrogen (secondary N) is 1. The van der Waals surface area contributed by atoms with E-state index in [0.717, 1.165) is 37.8 Å². The SMILES string of the molecule is CC#CCn1c(N2CCNCC2)nc2c(C)nn(C)c(=O)c21. The number of fused-ring (bicyclic) bond motifs is 1. The zero-order valence-electron chi connectivity index (χ0n) is 13.2. The van der Waals surface area contributed by atoms with Crippen LogP contribution in [0.25, 0.3) is 11.0 Å². The molecule has 0 aromatic carbocycles. The van der Waals surface area contributed by atoms with Crippen LogP contribution in [0.5, 0.6) is 0 Å². The molecule has 0 amide bonds. The highest BCUT2D eigenvalue weighted by atomic mass is 16.1. The summed E-state index contributed by atoms with van der Waals surface area (Å²) < 4.78 is 3.30. The largest absolute Gasteiger partial charge is 0.340 e. The minimum atomic E-state index is -0.132. The van der Waals surface area contributed by atoms with Gasteiger partial charge < -0.3 is 10.2 Å². The predicted molar refractivity (Wildman–Crippen MR) is 86.0 cm³/mol. The van der Waals surface area contributed by atoms with Crippen LogP contribution in [-0.4, -0.2) is 45.5 Å². The summed E-state index contributed by atoms with van der Waals surface area (Å²) in [6.45, 7) is 7.72. The maximum Gasteiger partial charge on any atom is 0.292 e. The van der Waals surface area contributed by atoms with Crippen molar-refractivity contribution in [3.8, 4) is 11.8 Å². The Bertz CT molecular complexity index is 816. The molecule has 1 fully saturated rings. The lowest BCUT2D eigenvalue weighted by Crippen LogP contribution is -2.44. The summed E-state index contributed by atoms with van der Waals surface area (Å²) in [6.07, 6.45) is 0. The van der Waals surface area contributed by atoms with E-state index in [-0.39, 0.29) is 5.56 Å². The maximum absolute atomic E-state index is 12.5. The predicted octanol–water partition coefficient (Wildman–Crippen LogP) is -0.129. The van der Waals surface area contributed by atoms with Crippen LogP contribution >= 0.6 is 0 Å². The molecule has 0 radical (unpaired) electrons. The van der Waals surface area contributed by atoms with Crippen molar-refractivity contribution in [3.05, 3.63) is 16.0 Å². The Morgan fingerprint density at radius 3 is 2.73 bits per heavy atom. The van der Waals surface area contributed by atoms with Crippen molar-refractivity contribution in [1.29, 1.82) is 0 Å². The Labute approximate surface area is 128 Å². The fraction of sp³-hybridized carbons (Fsp3) is 0.533. The lowest BCUT2D eigenvalue weighted by molar-refractivity contribution is 0.572. The first-order chi connectivity index (χ1) is 10.6. The molecule has 2 aromatic heterocycles. The second kappa shape index (κ2) is 5.81. The summed E-state index contributed by atoms with van der Waals surface area (Å²) in [5.41, 5.74) is 1.89. The van der Waals surface area contributed by atoms with Gasteiger partial charge in [0.25, 0.3) is 5.56 Å². The smallest absolute Gasteiger partial charge is 0.292 e. The van der Waals surface area contributed by atoms with Crippen LogP contribution in [0.15, 0.2) is 4.79 Å². The standard InChI is InChI=1S/C15H20N6O/c1-4-5-8-21-13-12(11(2)18-19(3)14(13)22)17-15(21)20-9-6-16-7-10-20/h16H,6-10H2,1-3H3. The molecule has 0 saturated carbocycles. The van der Waals surface area contributed by atoms with Crippen molar-refractivity contribution in [2.45, 2.75) is 20.4 Å². The molecule has 3 rings (SSSR count). The molecule has 1 N–H and O–H groups in total. The van der Waals surface area contributed by atoms with Crippen molar-refractivity contribution in [3.63, 3.8) is 0 Å². The van der Waals surface area contributed by atoms with Gasteiger partial charge in [0.05, 0.1) is 12.2 Å². The molecule has 116 valence electrons. The minimum Gasteiger partial charge on any atom is -0.340 e. The van der Waals surface area contributed by atoms with E-state index >= 15 is 0 Å². The second-order valence-corrected chi connectivity index (χ2v) is 5.37. The third-order valence-corrected chi connectivity index (χ3v) is 3.90. The Morgan fingerprint density at radius 2 is 2.05 bits per heavy atom. The molecule has 22 heavy (non-hydrogen) atoms. The number of aryl methyl sites for hydroxylation is 2. The van der Waals surface area contributed by atoms with Gasteiger partial charge in [-0.05, 0) is 13.8 Å². The van der Waals surface area contributed by atoms with Gasteiger partial charge in [0.2, 0.25) is 5.95 Å². The van der Waals surface area contributed by atoms with Gasteiger partial charge in [0.15, 0.2) is 0 Å². The summed E-state index contributed by atoms with van der Waals surface area (Å²) in [6, 6.07) is 0. The number of rotatable bonds is 2. The van der Waals surface area contributed by atoms with Crippen LogP contribution < -0.4 is 15.8 Å². The van der Waals surface area contributed by atoms with Crippen molar-refractivity contribution in [2.24, 2.45) is 7.05 Å². The van der Waals surface area contributed by atoms with E-state index in [9.17, 15) is 4.79 Å². The Hall–Kier alpha value is -2.33. The summed E-state index contributed by atoms with van der Waals surface area (Å²) >= 11 is 0. The Kier molecular flexibility index (Phi) is 3.86. The summed E-state index contributed by atoms with van der Waals surface area (Å²) in [4.78, 5) is 19.4. The van der Waals surface area contributed by atoms with Crippen LogP contribution in [0, 0.1) is 18.8 Å². The number of imidazole rings is 1. The van der Waals surface area contributed by atoms with Gasteiger partial charge in [-0.15, -0.1) is 5.92 Å². The fourth-order valence-electron chi connectivity index (χ4n) is 2.80. The molecule has 2 aromatic rings. The number of nitrogens with zero attached hydrogens (tertiary/aromatic N) is 5. The first kappa shape index (κ1) is 14.6. The fourth-order valence-corrected chi connectivity index (χ4v) is 2.80. The molecule has 0 aliphatic carbocycles. The number of hydrogen-bond acceptors (Lipinski definition) is 5. The molecule has 1 saturated heterocycles. The molecule has 3 heterocycles. The lowest BCUT2D eigenvalue weighted by Gasteiger charge is -2.28. The molecular formula is C15H20N6O. The summed E-state index contributed by atoms with van der Waals surface area (Å²) in [7, 11) is 1.67. The normalized spacial score (nSPS) is 15.0. The highest BCUT2D eigenvalue weighted by Crippen LogP contribution is 2.22. The van der Waals surface area contributed by atoms with Crippen LogP contribution in [0.3, 0.4) is 0 Å². The van der Waals surface area contributed by atoms with E-state index in [4.69, 9.17) is 4.98 Å². The molecule has 0 bridgehead atoms. The minimum absolute atomic E-state index is 0.132. The quantitative estimate of drug-likeness (QED) is 0.783. The van der Waals surface area contributed by atoms with Gasteiger partial charge in [0, 0.05) is 33.2 Å². The zero-order chi connectivity index (χ0) is 15.7. The van der Waals surface area contributed by atoms with Crippen molar-refractivity contribution < 1.29 is 0 Å². The van der Waals surface area contributed by atoms with Crippen LogP contribution in [0.2, 0.25) is 0 Å². The van der Waals surface area contributed by atoms with E-state index in [1.807, 2.05) is 11.5 Å². The van der Waals surface area contributed by atoms with Gasteiger partial charge in [0.1, 0.15) is 11.0 Å². The average molecular weight is 300 g/mol. The monoisotopic (exact) mass is 300 g/mol. The van der Waals surface area contributed by atoms with Crippen molar-refractivity contribution >= 4 is 17.0 Å². The van der Waals surface area contributed by atoms with Crippen molar-refractivity contribution in [2.75, 3.05) is 31.1 Å². The molecule has 0 unspecified atom stereocenters. The highest BCUT2D eigenvalue weighted by molar-refractivity contribution is 5.80. The maximum atomic E-state index is 12.5. The number of hydrogen-bond donors (Lipinski definition) is 1. The first-order valence-electron chi connectivity index (χ1n) is 7.43. The van der Waals surface area contributed by atoms with E-state index in [1.54, 1.807) is 14.0 Å². The zero-order valence-corrected chi connectivity index (χ0v) is 13.2. The van der Waals surface area contributed by atoms with E-state index in [2.05, 4.69) is 27.2 Å². The highest BCUT2D eigenvalue weighted by Gasteiger charge is 2.22. The number of aromatic nitrogens is 4. The third-order valence-electron chi connectivity index (χ3n) is 3.90. The molecular weight excluding hydrogens is 280 g/mol. The molecule has 0 atom stereocenters. The summed E-state index contributed by atoms with van der Waals surface area (Å²) in [5, 5.41) is 7.57. The molecule has 7 nitrogen and oxygen atoms in total. The van der Waals surface area contributed by atoms with Crippen LogP contribution in [0.4, 0.5) is 5.95 Å². The van der Waals surface area contributed by atoms with E-state index in [0.29, 0.717) is 17.6 Å². The third kappa shape index (κ3) is 2.35. The van der Waals surface area contributed by atoms with E-state index in [1.165, 1.54) is 4.68 Å². The second-order valence-electron chi connectivity index (χ2n) is 5.37. The average Bonchev–Trinajstić information content (AvgIpc) is 2.91. The van der Waals surface area contributed by atoms with Gasteiger partial charge in [-0.3, -0.25) is 9.36 Å². The lowest BCUT2D eigenvalue weighted by atomic mass is 10.3. The van der Waals surface area contributed by atoms with Crippen molar-refractivity contribution in [1.82, 2.24) is 24.6 Å². The summed E-state index contributed by atoms with van der Waals surface area (Å²) in [5.74, 6) is 6.76. The number of piperazine rings is 1. The van der Waals surface area contributed by atoms with E-state index < -0.39 is 0 Å².